The Bertz CT molecular complexity index is 432. The van der Waals surface area contributed by atoms with Crippen LogP contribution in [0, 0.1) is 0 Å². The van der Waals surface area contributed by atoms with E-state index in [1.54, 1.807) is 6.07 Å². The molecule has 6 heteroatoms. The van der Waals surface area contributed by atoms with Crippen molar-refractivity contribution in [1.29, 1.82) is 0 Å². The SMILES string of the molecule is CN1C2CCC1CN(c1cc(Cl)nc(N)n1)CC2. The topological polar surface area (TPSA) is 58.3 Å². The van der Waals surface area contributed by atoms with E-state index in [9.17, 15) is 0 Å². The highest BCUT2D eigenvalue weighted by Crippen LogP contribution is 2.30. The average molecular weight is 268 g/mol. The summed E-state index contributed by atoms with van der Waals surface area (Å²) in [5, 5.41) is 0.417. The van der Waals surface area contributed by atoms with Gasteiger partial charge >= 0.3 is 0 Å². The molecule has 2 bridgehead atoms. The molecule has 0 radical (unpaired) electrons. The van der Waals surface area contributed by atoms with Gasteiger partial charge in [-0.3, -0.25) is 4.90 Å². The number of likely N-dealkylation sites (N-methyl/N-ethyl adjacent to an activating group) is 1. The van der Waals surface area contributed by atoms with E-state index in [1.807, 2.05) is 0 Å². The van der Waals surface area contributed by atoms with Gasteiger partial charge in [-0.05, 0) is 26.3 Å². The van der Waals surface area contributed by atoms with E-state index in [-0.39, 0.29) is 5.95 Å². The van der Waals surface area contributed by atoms with Crippen molar-refractivity contribution in [2.45, 2.75) is 31.3 Å². The van der Waals surface area contributed by atoms with Crippen LogP contribution in [0.3, 0.4) is 0 Å². The maximum atomic E-state index is 5.95. The number of nitrogen functional groups attached to an aromatic ring is 1. The van der Waals surface area contributed by atoms with Gasteiger partial charge in [0.2, 0.25) is 5.95 Å². The second-order valence-electron chi connectivity index (χ2n) is 5.19. The first kappa shape index (κ1) is 12.0. The quantitative estimate of drug-likeness (QED) is 0.779. The van der Waals surface area contributed by atoms with E-state index in [0.717, 1.165) is 24.9 Å². The van der Waals surface area contributed by atoms with Gasteiger partial charge in [0.1, 0.15) is 11.0 Å². The van der Waals surface area contributed by atoms with E-state index < -0.39 is 0 Å². The van der Waals surface area contributed by atoms with Crippen LogP contribution in [0.5, 0.6) is 0 Å². The first-order valence-electron chi connectivity index (χ1n) is 6.40. The van der Waals surface area contributed by atoms with E-state index in [0.29, 0.717) is 11.2 Å². The smallest absolute Gasteiger partial charge is 0.223 e. The molecule has 2 fully saturated rings. The molecule has 0 aliphatic carbocycles. The molecule has 2 atom stereocenters. The fourth-order valence-corrected chi connectivity index (χ4v) is 3.29. The second-order valence-corrected chi connectivity index (χ2v) is 5.58. The molecule has 0 aromatic carbocycles. The van der Waals surface area contributed by atoms with Crippen LogP contribution in [0.4, 0.5) is 11.8 Å². The molecule has 3 heterocycles. The predicted octanol–water partition coefficient (Wildman–Crippen LogP) is 1.39. The molecule has 1 aromatic rings. The van der Waals surface area contributed by atoms with Crippen LogP contribution in [0.2, 0.25) is 5.15 Å². The number of aromatic nitrogens is 2. The highest BCUT2D eigenvalue weighted by Gasteiger charge is 2.35. The molecule has 5 nitrogen and oxygen atoms in total. The summed E-state index contributed by atoms with van der Waals surface area (Å²) in [6, 6.07) is 3.14. The van der Waals surface area contributed by atoms with Gasteiger partial charge in [-0.15, -0.1) is 0 Å². The summed E-state index contributed by atoms with van der Waals surface area (Å²) in [4.78, 5) is 13.0. The van der Waals surface area contributed by atoms with Crippen molar-refractivity contribution in [2.24, 2.45) is 0 Å². The summed E-state index contributed by atoms with van der Waals surface area (Å²) in [7, 11) is 2.23. The number of halogens is 1. The molecular formula is C12H18ClN5. The zero-order valence-electron chi connectivity index (χ0n) is 10.5. The third-order valence-electron chi connectivity index (χ3n) is 4.17. The summed E-state index contributed by atoms with van der Waals surface area (Å²) in [6.07, 6.45) is 3.77. The lowest BCUT2D eigenvalue weighted by Crippen LogP contribution is -2.37. The molecule has 1 aromatic heterocycles. The van der Waals surface area contributed by atoms with Crippen molar-refractivity contribution in [3.8, 4) is 0 Å². The fourth-order valence-electron chi connectivity index (χ4n) is 3.10. The van der Waals surface area contributed by atoms with Gasteiger partial charge in [0, 0.05) is 31.2 Å². The van der Waals surface area contributed by atoms with Gasteiger partial charge in [-0.2, -0.15) is 4.98 Å². The number of hydrogen-bond acceptors (Lipinski definition) is 5. The predicted molar refractivity (Wildman–Crippen MR) is 72.9 cm³/mol. The molecule has 2 saturated heterocycles. The largest absolute Gasteiger partial charge is 0.368 e. The lowest BCUT2D eigenvalue weighted by atomic mass is 10.1. The Labute approximate surface area is 112 Å². The third-order valence-corrected chi connectivity index (χ3v) is 4.36. The highest BCUT2D eigenvalue weighted by molar-refractivity contribution is 6.29. The maximum Gasteiger partial charge on any atom is 0.223 e. The van der Waals surface area contributed by atoms with Crippen LogP contribution >= 0.6 is 11.6 Å². The lowest BCUT2D eigenvalue weighted by Gasteiger charge is -2.26. The molecule has 2 aliphatic rings. The van der Waals surface area contributed by atoms with Gasteiger partial charge in [0.25, 0.3) is 0 Å². The molecule has 0 saturated carbocycles. The summed E-state index contributed by atoms with van der Waals surface area (Å²) in [5.74, 6) is 1.11. The Hall–Kier alpha value is -1.07. The molecule has 18 heavy (non-hydrogen) atoms. The molecule has 2 unspecified atom stereocenters. The zero-order chi connectivity index (χ0) is 12.7. The zero-order valence-corrected chi connectivity index (χ0v) is 11.3. The molecule has 0 amide bonds. The van der Waals surface area contributed by atoms with Gasteiger partial charge in [0.05, 0.1) is 0 Å². The molecule has 0 spiro atoms. The lowest BCUT2D eigenvalue weighted by molar-refractivity contribution is 0.254. The number of rotatable bonds is 1. The Morgan fingerprint density at radius 1 is 1.28 bits per heavy atom. The standard InChI is InChI=1S/C12H18ClN5/c1-17-8-2-3-9(17)7-18(5-4-8)11-6-10(13)15-12(14)16-11/h6,8-9H,2-5,7H2,1H3,(H2,14,15,16). The molecule has 98 valence electrons. The number of nitrogens with zero attached hydrogens (tertiary/aromatic N) is 4. The first-order chi connectivity index (χ1) is 8.63. The van der Waals surface area contributed by atoms with Crippen LogP contribution in [-0.2, 0) is 0 Å². The minimum absolute atomic E-state index is 0.250. The minimum Gasteiger partial charge on any atom is -0.368 e. The highest BCUT2D eigenvalue weighted by atomic mass is 35.5. The summed E-state index contributed by atoms with van der Waals surface area (Å²) in [6.45, 7) is 2.01. The summed E-state index contributed by atoms with van der Waals surface area (Å²) in [5.41, 5.74) is 5.66. The first-order valence-corrected chi connectivity index (χ1v) is 6.78. The number of hydrogen-bond donors (Lipinski definition) is 1. The van der Waals surface area contributed by atoms with E-state index in [1.165, 1.54) is 19.3 Å². The van der Waals surface area contributed by atoms with E-state index >= 15 is 0 Å². The Morgan fingerprint density at radius 3 is 2.83 bits per heavy atom. The van der Waals surface area contributed by atoms with Crippen LogP contribution in [0.25, 0.3) is 0 Å². The van der Waals surface area contributed by atoms with Crippen LogP contribution in [-0.4, -0.2) is 47.1 Å². The number of nitrogens with two attached hydrogens (primary N) is 1. The van der Waals surface area contributed by atoms with Crippen molar-refractivity contribution < 1.29 is 0 Å². The summed E-state index contributed by atoms with van der Waals surface area (Å²) >= 11 is 5.95. The van der Waals surface area contributed by atoms with Crippen molar-refractivity contribution >= 4 is 23.4 Å². The average Bonchev–Trinajstić information content (AvgIpc) is 2.51. The van der Waals surface area contributed by atoms with Crippen molar-refractivity contribution in [3.05, 3.63) is 11.2 Å². The van der Waals surface area contributed by atoms with Crippen molar-refractivity contribution in [1.82, 2.24) is 14.9 Å². The number of fused-ring (bicyclic) bond motifs is 2. The maximum absolute atomic E-state index is 5.95. The van der Waals surface area contributed by atoms with Crippen molar-refractivity contribution in [2.75, 3.05) is 30.8 Å². The molecule has 2 aliphatic heterocycles. The second kappa shape index (κ2) is 4.55. The van der Waals surface area contributed by atoms with Crippen LogP contribution < -0.4 is 10.6 Å². The van der Waals surface area contributed by atoms with Crippen LogP contribution in [0.15, 0.2) is 6.07 Å². The van der Waals surface area contributed by atoms with Crippen molar-refractivity contribution in [3.63, 3.8) is 0 Å². The minimum atomic E-state index is 0.250. The Kier molecular flexibility index (Phi) is 3.03. The van der Waals surface area contributed by atoms with E-state index in [4.69, 9.17) is 17.3 Å². The molecule has 3 rings (SSSR count). The third kappa shape index (κ3) is 2.12. The fraction of sp³-hybridized carbons (Fsp3) is 0.667. The monoisotopic (exact) mass is 267 g/mol. The summed E-state index contributed by atoms with van der Waals surface area (Å²) < 4.78 is 0. The Morgan fingerprint density at radius 2 is 2.06 bits per heavy atom. The molecular weight excluding hydrogens is 250 g/mol. The molecule has 2 N–H and O–H groups in total. The van der Waals surface area contributed by atoms with Gasteiger partial charge in [-0.25, -0.2) is 4.98 Å². The Balaban J connectivity index is 1.84. The van der Waals surface area contributed by atoms with Gasteiger partial charge in [-0.1, -0.05) is 11.6 Å². The van der Waals surface area contributed by atoms with Crippen LogP contribution in [0.1, 0.15) is 19.3 Å². The normalized spacial score (nSPS) is 28.4. The van der Waals surface area contributed by atoms with Gasteiger partial charge in [0.15, 0.2) is 0 Å². The van der Waals surface area contributed by atoms with E-state index in [2.05, 4.69) is 26.8 Å². The number of anilines is 2. The van der Waals surface area contributed by atoms with Gasteiger partial charge < -0.3 is 10.6 Å².